The molecule has 0 spiro atoms. The third-order valence-electron chi connectivity index (χ3n) is 1.66. The Hall–Kier alpha value is -1.30. The molecule has 0 aliphatic rings. The average Bonchev–Trinajstić information content (AvgIpc) is 2.15. The van der Waals surface area contributed by atoms with Crippen LogP contribution in [0.15, 0.2) is 6.07 Å². The summed E-state index contributed by atoms with van der Waals surface area (Å²) >= 11 is 5.37. The molecule has 0 unspecified atom stereocenters. The van der Waals surface area contributed by atoms with E-state index in [9.17, 15) is 18.0 Å². The number of alkyl halides is 2. The van der Waals surface area contributed by atoms with Gasteiger partial charge in [-0.05, 0) is 6.92 Å². The van der Waals surface area contributed by atoms with E-state index >= 15 is 0 Å². The van der Waals surface area contributed by atoms with E-state index in [2.05, 4.69) is 9.72 Å². The van der Waals surface area contributed by atoms with Crippen molar-refractivity contribution in [3.8, 4) is 0 Å². The molecule has 0 atom stereocenters. The molecule has 0 aliphatic carbocycles. The van der Waals surface area contributed by atoms with Crippen LogP contribution >= 0.6 is 11.6 Å². The number of carbonyl (C=O) groups excluding carboxylic acids is 1. The molecule has 0 saturated heterocycles. The highest BCUT2D eigenvalue weighted by Crippen LogP contribution is 2.27. The molecule has 0 fully saturated rings. The van der Waals surface area contributed by atoms with Crippen LogP contribution in [0.5, 0.6) is 0 Å². The Bertz CT molecular complexity index is 412. The molecule has 16 heavy (non-hydrogen) atoms. The van der Waals surface area contributed by atoms with Gasteiger partial charge in [-0.15, -0.1) is 0 Å². The van der Waals surface area contributed by atoms with Crippen LogP contribution in [0.4, 0.5) is 13.2 Å². The van der Waals surface area contributed by atoms with Crippen molar-refractivity contribution in [1.82, 2.24) is 4.98 Å². The number of pyridine rings is 1. The van der Waals surface area contributed by atoms with Gasteiger partial charge in [-0.3, -0.25) is 0 Å². The highest BCUT2D eigenvalue weighted by Gasteiger charge is 2.26. The fourth-order valence-electron chi connectivity index (χ4n) is 1.06. The lowest BCUT2D eigenvalue weighted by molar-refractivity contribution is 0.0505. The third-order valence-corrected chi connectivity index (χ3v) is 1.86. The van der Waals surface area contributed by atoms with E-state index in [0.29, 0.717) is 6.07 Å². The van der Waals surface area contributed by atoms with Crippen LogP contribution in [0.1, 0.15) is 29.4 Å². The van der Waals surface area contributed by atoms with Gasteiger partial charge in [0, 0.05) is 6.07 Å². The summed E-state index contributed by atoms with van der Waals surface area (Å²) in [6.45, 7) is 1.46. The summed E-state index contributed by atoms with van der Waals surface area (Å²) in [5, 5.41) is -0.384. The minimum atomic E-state index is -3.16. The molecule has 1 aromatic heterocycles. The zero-order chi connectivity index (χ0) is 12.3. The van der Waals surface area contributed by atoms with Crippen molar-refractivity contribution in [2.24, 2.45) is 0 Å². The van der Waals surface area contributed by atoms with Crippen LogP contribution in [0, 0.1) is 5.82 Å². The van der Waals surface area contributed by atoms with Gasteiger partial charge in [-0.2, -0.15) is 0 Å². The van der Waals surface area contributed by atoms with Crippen molar-refractivity contribution >= 4 is 17.6 Å². The number of esters is 1. The number of hydrogen-bond donors (Lipinski definition) is 0. The Morgan fingerprint density at radius 1 is 1.62 bits per heavy atom. The maximum Gasteiger partial charge on any atom is 0.357 e. The first-order valence-corrected chi connectivity index (χ1v) is 4.66. The number of nitrogens with zero attached hydrogens (tertiary/aromatic N) is 1. The molecule has 0 aromatic carbocycles. The summed E-state index contributed by atoms with van der Waals surface area (Å²) in [6.07, 6.45) is -3.16. The number of aromatic nitrogens is 1. The van der Waals surface area contributed by atoms with Gasteiger partial charge in [0.2, 0.25) is 0 Å². The molecular weight excluding hydrogens is 247 g/mol. The second kappa shape index (κ2) is 5.16. The van der Waals surface area contributed by atoms with E-state index in [4.69, 9.17) is 11.6 Å². The van der Waals surface area contributed by atoms with Gasteiger partial charge in [0.15, 0.2) is 5.69 Å². The van der Waals surface area contributed by atoms with Crippen molar-refractivity contribution < 1.29 is 22.7 Å². The summed E-state index contributed by atoms with van der Waals surface area (Å²) in [7, 11) is 0. The van der Waals surface area contributed by atoms with Gasteiger partial charge < -0.3 is 4.74 Å². The topological polar surface area (TPSA) is 39.2 Å². The largest absolute Gasteiger partial charge is 0.461 e. The van der Waals surface area contributed by atoms with Crippen molar-refractivity contribution in [1.29, 1.82) is 0 Å². The van der Waals surface area contributed by atoms with E-state index in [1.807, 2.05) is 0 Å². The van der Waals surface area contributed by atoms with Gasteiger partial charge in [-0.1, -0.05) is 11.6 Å². The fourth-order valence-corrected chi connectivity index (χ4v) is 1.24. The zero-order valence-corrected chi connectivity index (χ0v) is 8.89. The first kappa shape index (κ1) is 12.8. The zero-order valence-electron chi connectivity index (χ0n) is 8.14. The number of ether oxygens (including phenoxy) is 1. The van der Waals surface area contributed by atoms with Crippen molar-refractivity contribution in [2.45, 2.75) is 13.3 Å². The number of hydrogen-bond acceptors (Lipinski definition) is 3. The van der Waals surface area contributed by atoms with E-state index in [-0.39, 0.29) is 11.8 Å². The summed E-state index contributed by atoms with van der Waals surface area (Å²) in [5.41, 5.74) is -1.88. The van der Waals surface area contributed by atoms with Gasteiger partial charge in [-0.25, -0.2) is 22.9 Å². The quantitative estimate of drug-likeness (QED) is 0.614. The lowest BCUT2D eigenvalue weighted by Crippen LogP contribution is -2.13. The lowest BCUT2D eigenvalue weighted by atomic mass is 10.2. The maximum absolute atomic E-state index is 13.2. The molecular formula is C9H7ClF3NO2. The van der Waals surface area contributed by atoms with Gasteiger partial charge in [0.05, 0.1) is 12.2 Å². The van der Waals surface area contributed by atoms with Crippen LogP contribution in [0.3, 0.4) is 0 Å². The van der Waals surface area contributed by atoms with Gasteiger partial charge in [0.25, 0.3) is 6.43 Å². The standard InChI is InChI=1S/C9H7ClF3NO2/c1-2-16-9(15)7-6(8(12)13)4(11)3-5(10)14-7/h3,8H,2H2,1H3. The molecule has 0 aliphatic heterocycles. The Morgan fingerprint density at radius 3 is 2.75 bits per heavy atom. The Morgan fingerprint density at radius 2 is 2.25 bits per heavy atom. The molecule has 1 rings (SSSR count). The van der Waals surface area contributed by atoms with E-state index < -0.39 is 29.5 Å². The third kappa shape index (κ3) is 2.63. The Balaban J connectivity index is 3.29. The molecule has 1 heterocycles. The predicted molar refractivity (Wildman–Crippen MR) is 50.1 cm³/mol. The Labute approximate surface area is 94.2 Å². The minimum absolute atomic E-state index is 0.0304. The lowest BCUT2D eigenvalue weighted by Gasteiger charge is -2.08. The second-order valence-corrected chi connectivity index (χ2v) is 3.10. The van der Waals surface area contributed by atoms with Crippen LogP contribution in [-0.4, -0.2) is 17.6 Å². The van der Waals surface area contributed by atoms with Crippen molar-refractivity contribution in [2.75, 3.05) is 6.61 Å². The van der Waals surface area contributed by atoms with Gasteiger partial charge >= 0.3 is 5.97 Å². The maximum atomic E-state index is 13.2. The molecule has 1 aromatic rings. The van der Waals surface area contributed by atoms with Crippen LogP contribution in [0.25, 0.3) is 0 Å². The van der Waals surface area contributed by atoms with Crippen LogP contribution in [-0.2, 0) is 4.74 Å². The first-order chi connectivity index (χ1) is 7.47. The molecule has 0 amide bonds. The average molecular weight is 254 g/mol. The molecule has 0 saturated carbocycles. The second-order valence-electron chi connectivity index (χ2n) is 2.71. The highest BCUT2D eigenvalue weighted by molar-refractivity contribution is 6.29. The summed E-state index contributed by atoms with van der Waals surface area (Å²) in [6, 6.07) is 0.617. The molecule has 88 valence electrons. The Kier molecular flexibility index (Phi) is 4.12. The summed E-state index contributed by atoms with van der Waals surface area (Å²) in [5.74, 6) is -2.41. The smallest absolute Gasteiger partial charge is 0.357 e. The summed E-state index contributed by atoms with van der Waals surface area (Å²) < 4.78 is 42.6. The number of halogens is 4. The SMILES string of the molecule is CCOC(=O)c1nc(Cl)cc(F)c1C(F)F. The minimum Gasteiger partial charge on any atom is -0.461 e. The van der Waals surface area contributed by atoms with E-state index in [1.165, 1.54) is 6.92 Å². The van der Waals surface area contributed by atoms with E-state index in [0.717, 1.165) is 0 Å². The monoisotopic (exact) mass is 253 g/mol. The van der Waals surface area contributed by atoms with Crippen molar-refractivity contribution in [3.63, 3.8) is 0 Å². The van der Waals surface area contributed by atoms with Crippen LogP contribution < -0.4 is 0 Å². The highest BCUT2D eigenvalue weighted by atomic mass is 35.5. The van der Waals surface area contributed by atoms with Crippen molar-refractivity contribution in [3.05, 3.63) is 28.3 Å². The number of carbonyl (C=O) groups is 1. The molecule has 3 nitrogen and oxygen atoms in total. The molecule has 0 radical (unpaired) electrons. The molecule has 0 N–H and O–H groups in total. The normalized spacial score (nSPS) is 10.6. The van der Waals surface area contributed by atoms with E-state index in [1.54, 1.807) is 0 Å². The summed E-state index contributed by atoms with van der Waals surface area (Å²) in [4.78, 5) is 14.6. The molecule has 0 bridgehead atoms. The predicted octanol–water partition coefficient (Wildman–Crippen LogP) is 2.99. The first-order valence-electron chi connectivity index (χ1n) is 4.28. The number of rotatable bonds is 3. The van der Waals surface area contributed by atoms with Gasteiger partial charge in [0.1, 0.15) is 11.0 Å². The molecule has 7 heteroatoms. The van der Waals surface area contributed by atoms with Crippen LogP contribution in [0.2, 0.25) is 5.15 Å². The fraction of sp³-hybridized carbons (Fsp3) is 0.333.